The number of aliphatic hydroxyl groups excluding tert-OH is 1. The van der Waals surface area contributed by atoms with Crippen LogP contribution in [0.2, 0.25) is 0 Å². The summed E-state index contributed by atoms with van der Waals surface area (Å²) >= 11 is 0. The average Bonchev–Trinajstić information content (AvgIpc) is 2.60. The summed E-state index contributed by atoms with van der Waals surface area (Å²) in [5, 5.41) is 13.4. The van der Waals surface area contributed by atoms with Crippen molar-refractivity contribution in [1.82, 2.24) is 5.32 Å². The number of aryl methyl sites for hydroxylation is 1. The van der Waals surface area contributed by atoms with Crippen LogP contribution in [0.4, 0.5) is 0 Å². The maximum Gasteiger partial charge on any atom is 0.119 e. The Kier molecular flexibility index (Phi) is 7.11. The van der Waals surface area contributed by atoms with Gasteiger partial charge in [-0.3, -0.25) is 0 Å². The van der Waals surface area contributed by atoms with Crippen molar-refractivity contribution in [3.05, 3.63) is 65.7 Å². The van der Waals surface area contributed by atoms with Gasteiger partial charge >= 0.3 is 0 Å². The summed E-state index contributed by atoms with van der Waals surface area (Å²) < 4.78 is 5.65. The molecule has 3 heteroatoms. The number of aliphatic hydroxyl groups is 1. The third-order valence-corrected chi connectivity index (χ3v) is 3.86. The van der Waals surface area contributed by atoms with Gasteiger partial charge in [0.1, 0.15) is 18.5 Å². The molecule has 0 amide bonds. The van der Waals surface area contributed by atoms with Crippen LogP contribution in [-0.2, 0) is 6.42 Å². The molecule has 0 unspecified atom stereocenters. The van der Waals surface area contributed by atoms with Crippen LogP contribution in [0, 0.1) is 0 Å². The number of rotatable bonds is 9. The smallest absolute Gasteiger partial charge is 0.119 e. The third-order valence-electron chi connectivity index (χ3n) is 3.86. The van der Waals surface area contributed by atoms with Crippen LogP contribution < -0.4 is 10.1 Å². The maximum absolute atomic E-state index is 10.1. The first-order chi connectivity index (χ1) is 11.2. The Balaban J connectivity index is 1.71. The monoisotopic (exact) mass is 313 g/mol. The van der Waals surface area contributed by atoms with Crippen LogP contribution in [0.15, 0.2) is 54.6 Å². The van der Waals surface area contributed by atoms with Crippen LogP contribution in [0.3, 0.4) is 0 Å². The zero-order valence-corrected chi connectivity index (χ0v) is 14.0. The summed E-state index contributed by atoms with van der Waals surface area (Å²) in [5.41, 5.74) is 2.53. The molecular formula is C20H27NO2. The summed E-state index contributed by atoms with van der Waals surface area (Å²) in [6.45, 7) is 5.06. The van der Waals surface area contributed by atoms with Crippen molar-refractivity contribution in [3.8, 4) is 5.75 Å². The average molecular weight is 313 g/mol. The van der Waals surface area contributed by atoms with Gasteiger partial charge in [0.05, 0.1) is 0 Å². The fourth-order valence-corrected chi connectivity index (χ4v) is 2.46. The molecule has 0 aliphatic carbocycles. The molecular weight excluding hydrogens is 286 g/mol. The molecule has 0 radical (unpaired) electrons. The maximum atomic E-state index is 10.1. The summed E-state index contributed by atoms with van der Waals surface area (Å²) in [6.07, 6.45) is 1.70. The number of ether oxygens (including phenoxy) is 1. The van der Waals surface area contributed by atoms with E-state index in [1.54, 1.807) is 0 Å². The summed E-state index contributed by atoms with van der Waals surface area (Å²) in [7, 11) is 0. The molecule has 0 spiro atoms. The van der Waals surface area contributed by atoms with E-state index in [0.717, 1.165) is 18.6 Å². The van der Waals surface area contributed by atoms with Crippen molar-refractivity contribution in [2.75, 3.05) is 13.2 Å². The second-order valence-electron chi connectivity index (χ2n) is 5.90. The van der Waals surface area contributed by atoms with E-state index in [1.165, 1.54) is 11.1 Å². The second kappa shape index (κ2) is 9.33. The first-order valence-electron chi connectivity index (χ1n) is 8.37. The van der Waals surface area contributed by atoms with Gasteiger partial charge in [-0.2, -0.15) is 0 Å². The predicted octanol–water partition coefficient (Wildman–Crippen LogP) is 3.73. The summed E-state index contributed by atoms with van der Waals surface area (Å²) in [6, 6.07) is 18.5. The standard InChI is InChI=1S/C20H27NO2/c1-3-7-17-10-12-20(13-11-17)23-15-19(22)14-21-16(2)18-8-5-4-6-9-18/h4-6,8-13,16,19,21-22H,3,7,14-15H2,1-2H3/t16-,19+/m0/s1. The lowest BCUT2D eigenvalue weighted by atomic mass is 10.1. The highest BCUT2D eigenvalue weighted by Crippen LogP contribution is 2.14. The van der Waals surface area contributed by atoms with Crippen LogP contribution in [-0.4, -0.2) is 24.4 Å². The van der Waals surface area contributed by atoms with E-state index in [2.05, 4.69) is 43.4 Å². The molecule has 2 atom stereocenters. The molecule has 0 bridgehead atoms. The molecule has 0 heterocycles. The van der Waals surface area contributed by atoms with E-state index in [1.807, 2.05) is 30.3 Å². The van der Waals surface area contributed by atoms with Crippen LogP contribution >= 0.6 is 0 Å². The Morgan fingerprint density at radius 3 is 2.39 bits per heavy atom. The minimum Gasteiger partial charge on any atom is -0.491 e. The second-order valence-corrected chi connectivity index (χ2v) is 5.90. The van der Waals surface area contributed by atoms with Gasteiger partial charge < -0.3 is 15.2 Å². The lowest BCUT2D eigenvalue weighted by molar-refractivity contribution is 0.104. The molecule has 0 saturated heterocycles. The molecule has 0 aliphatic rings. The van der Waals surface area contributed by atoms with E-state index in [-0.39, 0.29) is 6.04 Å². The van der Waals surface area contributed by atoms with E-state index in [9.17, 15) is 5.11 Å². The number of nitrogens with one attached hydrogen (secondary N) is 1. The summed E-state index contributed by atoms with van der Waals surface area (Å²) in [5.74, 6) is 0.806. The Morgan fingerprint density at radius 1 is 1.04 bits per heavy atom. The van der Waals surface area contributed by atoms with E-state index >= 15 is 0 Å². The van der Waals surface area contributed by atoms with Gasteiger partial charge in [0.2, 0.25) is 0 Å². The van der Waals surface area contributed by atoms with Gasteiger partial charge in [-0.1, -0.05) is 55.8 Å². The predicted molar refractivity (Wildman–Crippen MR) is 94.8 cm³/mol. The molecule has 0 saturated carbocycles. The van der Waals surface area contributed by atoms with Gasteiger partial charge in [-0.05, 0) is 36.6 Å². The van der Waals surface area contributed by atoms with Crippen LogP contribution in [0.5, 0.6) is 5.75 Å². The minimum absolute atomic E-state index is 0.208. The third kappa shape index (κ3) is 6.05. The van der Waals surface area contributed by atoms with Crippen molar-refractivity contribution < 1.29 is 9.84 Å². The highest BCUT2D eigenvalue weighted by molar-refractivity contribution is 5.27. The Hall–Kier alpha value is -1.84. The van der Waals surface area contributed by atoms with E-state index < -0.39 is 6.10 Å². The van der Waals surface area contributed by atoms with Crippen molar-refractivity contribution in [2.45, 2.75) is 38.8 Å². The van der Waals surface area contributed by atoms with E-state index in [0.29, 0.717) is 13.2 Å². The molecule has 2 aromatic carbocycles. The molecule has 2 rings (SSSR count). The lowest BCUT2D eigenvalue weighted by Crippen LogP contribution is -2.33. The number of hydrogen-bond acceptors (Lipinski definition) is 3. The number of hydrogen-bond donors (Lipinski definition) is 2. The van der Waals surface area contributed by atoms with Crippen LogP contribution in [0.25, 0.3) is 0 Å². The first-order valence-corrected chi connectivity index (χ1v) is 8.37. The Bertz CT molecular complexity index is 554. The van der Waals surface area contributed by atoms with Crippen molar-refractivity contribution >= 4 is 0 Å². The fourth-order valence-electron chi connectivity index (χ4n) is 2.46. The summed E-state index contributed by atoms with van der Waals surface area (Å²) in [4.78, 5) is 0. The topological polar surface area (TPSA) is 41.5 Å². The molecule has 2 aromatic rings. The quantitative estimate of drug-likeness (QED) is 0.741. The normalized spacial score (nSPS) is 13.5. The van der Waals surface area contributed by atoms with Gasteiger partial charge in [0.15, 0.2) is 0 Å². The Morgan fingerprint density at radius 2 is 1.74 bits per heavy atom. The van der Waals surface area contributed by atoms with Crippen molar-refractivity contribution in [3.63, 3.8) is 0 Å². The molecule has 0 aliphatic heterocycles. The van der Waals surface area contributed by atoms with Gasteiger partial charge in [0, 0.05) is 12.6 Å². The van der Waals surface area contributed by atoms with Crippen LogP contribution in [0.1, 0.15) is 37.4 Å². The fraction of sp³-hybridized carbons (Fsp3) is 0.400. The van der Waals surface area contributed by atoms with Crippen molar-refractivity contribution in [2.24, 2.45) is 0 Å². The SMILES string of the molecule is CCCc1ccc(OC[C@H](O)CN[C@@H](C)c2ccccc2)cc1. The van der Waals surface area contributed by atoms with Gasteiger partial charge in [0.25, 0.3) is 0 Å². The molecule has 0 aromatic heterocycles. The first kappa shape index (κ1) is 17.5. The molecule has 124 valence electrons. The van der Waals surface area contributed by atoms with Crippen molar-refractivity contribution in [1.29, 1.82) is 0 Å². The lowest BCUT2D eigenvalue weighted by Gasteiger charge is -2.18. The molecule has 0 fully saturated rings. The highest BCUT2D eigenvalue weighted by Gasteiger charge is 2.09. The highest BCUT2D eigenvalue weighted by atomic mass is 16.5. The zero-order valence-electron chi connectivity index (χ0n) is 14.0. The van der Waals surface area contributed by atoms with Gasteiger partial charge in [-0.25, -0.2) is 0 Å². The number of benzene rings is 2. The van der Waals surface area contributed by atoms with Gasteiger partial charge in [-0.15, -0.1) is 0 Å². The zero-order chi connectivity index (χ0) is 16.5. The molecule has 23 heavy (non-hydrogen) atoms. The van der Waals surface area contributed by atoms with E-state index in [4.69, 9.17) is 4.74 Å². The molecule has 3 nitrogen and oxygen atoms in total. The molecule has 2 N–H and O–H groups in total. The Labute approximate surface area is 139 Å². The minimum atomic E-state index is -0.531. The largest absolute Gasteiger partial charge is 0.491 e.